The molecule has 2 aromatic carbocycles. The van der Waals surface area contributed by atoms with E-state index in [1.807, 2.05) is 126 Å². The highest BCUT2D eigenvalue weighted by Gasteiger charge is 2.44. The van der Waals surface area contributed by atoms with Gasteiger partial charge in [0.1, 0.15) is 17.9 Å². The number of thiazole rings is 1. The van der Waals surface area contributed by atoms with Gasteiger partial charge in [0.2, 0.25) is 23.6 Å². The van der Waals surface area contributed by atoms with Crippen LogP contribution in [0.3, 0.4) is 0 Å². The molecule has 6 heterocycles. The van der Waals surface area contributed by atoms with Crippen molar-refractivity contribution in [2.45, 2.75) is 125 Å². The lowest BCUT2D eigenvalue weighted by Crippen LogP contribution is -2.57. The third kappa shape index (κ3) is 13.5. The van der Waals surface area contributed by atoms with Crippen molar-refractivity contribution in [3.8, 4) is 21.6 Å². The lowest BCUT2D eigenvalue weighted by atomic mass is 9.85. The number of anilines is 1. The number of benzene rings is 2. The van der Waals surface area contributed by atoms with Crippen LogP contribution in [0.2, 0.25) is 0 Å². The lowest BCUT2D eigenvalue weighted by molar-refractivity contribution is -0.144. The van der Waals surface area contributed by atoms with Crippen molar-refractivity contribution in [1.29, 1.82) is 0 Å². The summed E-state index contributed by atoms with van der Waals surface area (Å²) in [4.78, 5) is 99.4. The Hall–Kier alpha value is -7.29. The molecule has 2 fully saturated rings. The number of β-amino-alcohol motifs (C(OH)–C–C–N with tert-alkyl or cyclic N) is 1. The fourth-order valence-corrected chi connectivity index (χ4v) is 11.3. The van der Waals surface area contributed by atoms with Crippen molar-refractivity contribution in [2.75, 3.05) is 44.2 Å². The van der Waals surface area contributed by atoms with Gasteiger partial charge in [0, 0.05) is 99.0 Å². The van der Waals surface area contributed by atoms with Crippen LogP contribution < -0.4 is 32.1 Å². The number of carbonyl (C=O) groups excluding carboxylic acids is 5. The van der Waals surface area contributed by atoms with Crippen LogP contribution in [0.15, 0.2) is 77.3 Å². The summed E-state index contributed by atoms with van der Waals surface area (Å²) in [6.07, 6.45) is 4.13. The zero-order chi connectivity index (χ0) is 56.0. The summed E-state index contributed by atoms with van der Waals surface area (Å²) in [6.45, 7) is 19.2. The molecule has 0 radical (unpaired) electrons. The molecule has 0 saturated carbocycles. The van der Waals surface area contributed by atoms with E-state index in [1.54, 1.807) is 17.5 Å². The monoisotopic (exact) mass is 1080 g/mol. The van der Waals surface area contributed by atoms with E-state index in [0.717, 1.165) is 81.6 Å². The molecule has 7 N–H and O–H groups in total. The number of H-pyrrole nitrogens is 1. The molecule has 6 aromatic rings. The number of piperazine rings is 1. The number of amides is 5. The lowest BCUT2D eigenvalue weighted by Gasteiger charge is -2.36. The number of carbonyl (C=O) groups is 5. The first-order valence-electron chi connectivity index (χ1n) is 26.9. The van der Waals surface area contributed by atoms with E-state index in [9.17, 15) is 33.9 Å². The number of aliphatic hydroxyl groups excluding tert-OH is 1. The van der Waals surface area contributed by atoms with Gasteiger partial charge in [-0.25, -0.2) is 9.97 Å². The third-order valence-corrected chi connectivity index (χ3v) is 16.0. The molecule has 414 valence electrons. The maximum Gasteiger partial charge on any atom is 0.253 e. The minimum atomic E-state index is -0.966. The molecule has 19 nitrogen and oxygen atoms in total. The Bertz CT molecular complexity index is 3190. The Balaban J connectivity index is 0.804. The smallest absolute Gasteiger partial charge is 0.253 e. The maximum absolute atomic E-state index is 14.2. The zero-order valence-electron chi connectivity index (χ0n) is 46.0. The number of aromatic amines is 1. The molecule has 78 heavy (non-hydrogen) atoms. The van der Waals surface area contributed by atoms with Gasteiger partial charge in [-0.3, -0.25) is 38.3 Å². The molecule has 0 aliphatic carbocycles. The van der Waals surface area contributed by atoms with Crippen molar-refractivity contribution in [2.24, 2.45) is 17.1 Å². The second-order valence-electron chi connectivity index (χ2n) is 22.2. The topological polar surface area (TPSA) is 254 Å². The summed E-state index contributed by atoms with van der Waals surface area (Å²) in [6, 6.07) is 15.8. The number of fused-ring (bicyclic) bond motifs is 1. The fraction of sp³-hybridized carbons (Fsp3) is 0.466. The highest BCUT2D eigenvalue weighted by molar-refractivity contribution is 7.13. The van der Waals surface area contributed by atoms with Gasteiger partial charge in [-0.15, -0.1) is 11.3 Å². The molecular formula is C58H74N12O7S. The number of hydrogen-bond donors (Lipinski definition) is 6. The number of rotatable bonds is 20. The number of aromatic nitrogens is 5. The molecule has 8 rings (SSSR count). The number of nitrogens with two attached hydrogens (primary N) is 1. The number of primary amides is 1. The molecule has 2 aliphatic heterocycles. The van der Waals surface area contributed by atoms with E-state index in [-0.39, 0.29) is 61.8 Å². The molecule has 2 saturated heterocycles. The number of nitrogens with one attached hydrogen (secondary N) is 4. The normalized spacial score (nSPS) is 16.8. The summed E-state index contributed by atoms with van der Waals surface area (Å²) in [5.41, 5.74) is 14.6. The number of likely N-dealkylation sites (tertiary alicyclic amines) is 1. The second-order valence-corrected chi connectivity index (χ2v) is 23.1. The number of nitrogens with zero attached hydrogens (tertiary/aromatic N) is 7. The van der Waals surface area contributed by atoms with E-state index < -0.39 is 41.3 Å². The SMILES string of the molecule is Cc1cc(C)c(CNC(=O)c2cc(-c3ccc(N4CCN(CCC(CCCC(=O)N[C@H](C(=O)N5C[C@H](O)C[C@H]5C(=O)NCc5ccc(-c6scnc6C)cc5)C(C)(C)C)C(N)=O)CC4)nc3)cc3c2cnn3C(C)C)c(=O)[nH]1. The van der Waals surface area contributed by atoms with Gasteiger partial charge in [-0.1, -0.05) is 45.0 Å². The predicted octanol–water partition coefficient (Wildman–Crippen LogP) is 5.94. The Morgan fingerprint density at radius 3 is 2.26 bits per heavy atom. The number of aryl methyl sites for hydroxylation is 3. The van der Waals surface area contributed by atoms with Gasteiger partial charge in [0.15, 0.2) is 0 Å². The van der Waals surface area contributed by atoms with Crippen LogP contribution in [0.25, 0.3) is 32.5 Å². The van der Waals surface area contributed by atoms with Crippen molar-refractivity contribution in [3.63, 3.8) is 0 Å². The molecule has 4 atom stereocenters. The average molecular weight is 1080 g/mol. The predicted molar refractivity (Wildman–Crippen MR) is 303 cm³/mol. The molecule has 20 heteroatoms. The van der Waals surface area contributed by atoms with Crippen LogP contribution in [0.1, 0.15) is 111 Å². The van der Waals surface area contributed by atoms with E-state index in [4.69, 9.17) is 10.7 Å². The average Bonchev–Trinajstić information content (AvgIpc) is 4.24. The molecule has 2 aliphatic rings. The van der Waals surface area contributed by atoms with Crippen molar-refractivity contribution >= 4 is 57.6 Å². The second kappa shape index (κ2) is 24.6. The Labute approximate surface area is 459 Å². The van der Waals surface area contributed by atoms with Crippen LogP contribution in [0.5, 0.6) is 0 Å². The van der Waals surface area contributed by atoms with E-state index in [2.05, 4.69) is 40.8 Å². The van der Waals surface area contributed by atoms with Gasteiger partial charge in [-0.2, -0.15) is 5.10 Å². The molecule has 5 amide bonds. The zero-order valence-corrected chi connectivity index (χ0v) is 46.8. The number of hydrogen-bond acceptors (Lipinski definition) is 13. The Morgan fingerprint density at radius 1 is 0.885 bits per heavy atom. The van der Waals surface area contributed by atoms with E-state index >= 15 is 0 Å². The highest BCUT2D eigenvalue weighted by atomic mass is 32.1. The fourth-order valence-electron chi connectivity index (χ4n) is 10.5. The summed E-state index contributed by atoms with van der Waals surface area (Å²) in [5.74, 6) is -1.51. The largest absolute Gasteiger partial charge is 0.391 e. The van der Waals surface area contributed by atoms with Gasteiger partial charge in [0.05, 0.1) is 39.5 Å². The minimum Gasteiger partial charge on any atom is -0.391 e. The van der Waals surface area contributed by atoms with Gasteiger partial charge in [0.25, 0.3) is 11.5 Å². The molecule has 1 unspecified atom stereocenters. The van der Waals surface area contributed by atoms with Crippen LogP contribution in [0.4, 0.5) is 5.82 Å². The van der Waals surface area contributed by atoms with Crippen LogP contribution in [0, 0.1) is 32.1 Å². The standard InChI is InChI=1S/C58H74N12O7S/c1-34(2)70-47-26-42(25-44(46(47)31-64-70)54(74)62-30-45-35(3)24-36(4)65-55(45)75)41-16-17-49(60-29-41)68-22-20-67(21-23-68)19-18-40(53(59)73)10-9-11-50(72)66-52(58(6,7)8)57(77)69-32-43(71)27-48(69)56(76)61-28-38-12-14-39(15-13-38)51-37(5)63-33-78-51/h12-17,24-26,29,31,33-34,40,43,48,52,71H,9-11,18-23,27-28,30,32H2,1-8H3,(H2,59,73)(H,61,76)(H,62,74)(H,65,75)(H,66,72)/t40?,43-,48+,52-/m1/s1. The van der Waals surface area contributed by atoms with Crippen LogP contribution in [-0.2, 0) is 32.3 Å². The summed E-state index contributed by atoms with van der Waals surface area (Å²) >= 11 is 1.57. The highest BCUT2D eigenvalue weighted by Crippen LogP contribution is 2.32. The molecule has 4 aromatic heterocycles. The quantitative estimate of drug-likeness (QED) is 0.0520. The number of pyridine rings is 2. The third-order valence-electron chi connectivity index (χ3n) is 15.0. The van der Waals surface area contributed by atoms with Crippen molar-refractivity contribution in [3.05, 3.63) is 116 Å². The summed E-state index contributed by atoms with van der Waals surface area (Å²) in [7, 11) is 0. The van der Waals surface area contributed by atoms with Crippen molar-refractivity contribution in [1.82, 2.24) is 50.5 Å². The van der Waals surface area contributed by atoms with Crippen LogP contribution >= 0.6 is 11.3 Å². The minimum absolute atomic E-state index is 0.0280. The van der Waals surface area contributed by atoms with Gasteiger partial charge < -0.3 is 41.6 Å². The molecular weight excluding hydrogens is 1010 g/mol. The van der Waals surface area contributed by atoms with Gasteiger partial charge in [-0.05, 0) is 118 Å². The summed E-state index contributed by atoms with van der Waals surface area (Å²) in [5, 5.41) is 24.8. The Kier molecular flexibility index (Phi) is 17.9. The Morgan fingerprint density at radius 2 is 1.62 bits per heavy atom. The van der Waals surface area contributed by atoms with Crippen molar-refractivity contribution < 1.29 is 29.1 Å². The first-order valence-corrected chi connectivity index (χ1v) is 27.8. The first-order chi connectivity index (χ1) is 37.1. The van der Waals surface area contributed by atoms with Crippen LogP contribution in [-0.4, -0.2) is 127 Å². The molecule has 0 spiro atoms. The van der Waals surface area contributed by atoms with Gasteiger partial charge >= 0.3 is 0 Å². The number of aliphatic hydroxyl groups is 1. The molecule has 0 bridgehead atoms. The summed E-state index contributed by atoms with van der Waals surface area (Å²) < 4.78 is 1.89. The van der Waals surface area contributed by atoms with E-state index in [1.165, 1.54) is 4.90 Å². The first kappa shape index (κ1) is 56.9. The van der Waals surface area contributed by atoms with E-state index in [0.29, 0.717) is 42.3 Å². The maximum atomic E-state index is 14.2.